The predicted octanol–water partition coefficient (Wildman–Crippen LogP) is 2.86. The topological polar surface area (TPSA) is 49.4 Å². The van der Waals surface area contributed by atoms with Crippen LogP contribution in [0, 0.1) is 5.92 Å². The highest BCUT2D eigenvalue weighted by Gasteiger charge is 2.47. The number of benzene rings is 1. The van der Waals surface area contributed by atoms with Gasteiger partial charge in [0.1, 0.15) is 6.04 Å². The Morgan fingerprint density at radius 2 is 2.05 bits per heavy atom. The first kappa shape index (κ1) is 15.3. The van der Waals surface area contributed by atoms with Crippen LogP contribution in [0.5, 0.6) is 0 Å². The lowest BCUT2D eigenvalue weighted by atomic mass is 9.84. The van der Waals surface area contributed by atoms with Crippen molar-refractivity contribution in [1.29, 1.82) is 0 Å². The van der Waals surface area contributed by atoms with Gasteiger partial charge in [0.05, 0.1) is 0 Å². The summed E-state index contributed by atoms with van der Waals surface area (Å²) >= 11 is 6.01. The van der Waals surface area contributed by atoms with E-state index in [1.54, 1.807) is 31.3 Å². The number of likely N-dealkylation sites (N-methyl/N-ethyl adjacent to an activating group) is 1. The van der Waals surface area contributed by atoms with Crippen LogP contribution in [-0.2, 0) is 4.79 Å². The molecule has 0 unspecified atom stereocenters. The first-order valence-corrected chi connectivity index (χ1v) is 8.29. The summed E-state index contributed by atoms with van der Waals surface area (Å²) in [6.45, 7) is 0. The first-order valence-electron chi connectivity index (χ1n) is 7.91. The van der Waals surface area contributed by atoms with Gasteiger partial charge in [0, 0.05) is 23.7 Å². The lowest BCUT2D eigenvalue weighted by Crippen LogP contribution is -2.49. The Morgan fingerprint density at radius 1 is 1.27 bits per heavy atom. The highest BCUT2D eigenvalue weighted by atomic mass is 35.5. The zero-order valence-electron chi connectivity index (χ0n) is 12.7. The molecule has 0 spiro atoms. The summed E-state index contributed by atoms with van der Waals surface area (Å²) in [7, 11) is 1.63. The number of halogens is 1. The van der Waals surface area contributed by atoms with Gasteiger partial charge in [-0.05, 0) is 43.4 Å². The van der Waals surface area contributed by atoms with Crippen LogP contribution in [0.1, 0.15) is 42.5 Å². The number of hydrogen-bond donors (Lipinski definition) is 1. The number of carbonyl (C=O) groups excluding carboxylic acids is 2. The molecule has 3 atom stereocenters. The van der Waals surface area contributed by atoms with Crippen molar-refractivity contribution in [1.82, 2.24) is 10.2 Å². The molecule has 0 bridgehead atoms. The van der Waals surface area contributed by atoms with Gasteiger partial charge < -0.3 is 10.2 Å². The fraction of sp³-hybridized carbons (Fsp3) is 0.529. The minimum Gasteiger partial charge on any atom is -0.357 e. The van der Waals surface area contributed by atoms with Crippen molar-refractivity contribution in [2.75, 3.05) is 7.05 Å². The van der Waals surface area contributed by atoms with Gasteiger partial charge in [-0.15, -0.1) is 0 Å². The van der Waals surface area contributed by atoms with Crippen molar-refractivity contribution < 1.29 is 9.59 Å². The van der Waals surface area contributed by atoms with Crippen molar-refractivity contribution in [3.63, 3.8) is 0 Å². The van der Waals surface area contributed by atoms with Crippen LogP contribution in [0.15, 0.2) is 24.3 Å². The summed E-state index contributed by atoms with van der Waals surface area (Å²) in [5.41, 5.74) is 0.563. The second kappa shape index (κ2) is 6.29. The minimum absolute atomic E-state index is 0.0650. The number of hydrogen-bond acceptors (Lipinski definition) is 2. The number of carbonyl (C=O) groups is 2. The second-order valence-corrected chi connectivity index (χ2v) is 6.64. The van der Waals surface area contributed by atoms with Gasteiger partial charge in [0.2, 0.25) is 5.91 Å². The lowest BCUT2D eigenvalue weighted by Gasteiger charge is -2.33. The average Bonchev–Trinajstić information content (AvgIpc) is 2.92. The molecule has 0 aromatic heterocycles. The van der Waals surface area contributed by atoms with Crippen LogP contribution < -0.4 is 5.32 Å². The summed E-state index contributed by atoms with van der Waals surface area (Å²) in [6.07, 6.45) is 5.19. The molecule has 118 valence electrons. The molecule has 1 saturated carbocycles. The molecule has 5 heteroatoms. The quantitative estimate of drug-likeness (QED) is 0.911. The van der Waals surface area contributed by atoms with Crippen LogP contribution in [0.25, 0.3) is 0 Å². The molecule has 0 radical (unpaired) electrons. The van der Waals surface area contributed by atoms with Gasteiger partial charge >= 0.3 is 0 Å². The summed E-state index contributed by atoms with van der Waals surface area (Å²) in [5.74, 6) is 0.300. The Morgan fingerprint density at radius 3 is 2.77 bits per heavy atom. The molecule has 1 heterocycles. The third-order valence-corrected chi connectivity index (χ3v) is 5.18. The molecule has 2 fully saturated rings. The molecule has 1 aliphatic heterocycles. The van der Waals surface area contributed by atoms with Gasteiger partial charge in [0.25, 0.3) is 5.91 Å². The van der Waals surface area contributed by atoms with E-state index in [0.29, 0.717) is 16.5 Å². The van der Waals surface area contributed by atoms with Crippen molar-refractivity contribution in [2.24, 2.45) is 5.92 Å². The SMILES string of the molecule is CNC(=O)[C@@H]1C[C@@H]2CCCC[C@@H]2N1C(=O)c1cccc(Cl)c1. The average molecular weight is 321 g/mol. The van der Waals surface area contributed by atoms with E-state index in [2.05, 4.69) is 5.32 Å². The Bertz CT molecular complexity index is 590. The van der Waals surface area contributed by atoms with E-state index in [9.17, 15) is 9.59 Å². The third kappa shape index (κ3) is 2.72. The molecule has 3 rings (SSSR count). The van der Waals surface area contributed by atoms with Crippen LogP contribution in [-0.4, -0.2) is 35.8 Å². The Hall–Kier alpha value is -1.55. The maximum absolute atomic E-state index is 13.0. The molecule has 1 aliphatic carbocycles. The molecule has 1 saturated heterocycles. The molecule has 4 nitrogen and oxygen atoms in total. The van der Waals surface area contributed by atoms with E-state index in [1.165, 1.54) is 6.42 Å². The molecule has 1 aromatic rings. The van der Waals surface area contributed by atoms with E-state index >= 15 is 0 Å². The fourth-order valence-electron chi connectivity index (χ4n) is 3.92. The van der Waals surface area contributed by atoms with E-state index in [-0.39, 0.29) is 23.9 Å². The number of nitrogens with zero attached hydrogens (tertiary/aromatic N) is 1. The maximum Gasteiger partial charge on any atom is 0.254 e. The Labute approximate surface area is 135 Å². The molecular formula is C17H21ClN2O2. The van der Waals surface area contributed by atoms with E-state index < -0.39 is 0 Å². The standard InChI is InChI=1S/C17H21ClN2O2/c1-19-16(21)15-10-11-5-2-3-8-14(11)20(15)17(22)12-6-4-7-13(18)9-12/h4,6-7,9,11,14-15H,2-3,5,8,10H2,1H3,(H,19,21)/t11-,14-,15-/m0/s1. The van der Waals surface area contributed by atoms with Gasteiger partial charge in [-0.2, -0.15) is 0 Å². The predicted molar refractivity (Wildman–Crippen MR) is 85.8 cm³/mol. The normalized spacial score (nSPS) is 27.4. The van der Waals surface area contributed by atoms with Gasteiger partial charge in [-0.25, -0.2) is 0 Å². The fourth-order valence-corrected chi connectivity index (χ4v) is 4.11. The van der Waals surface area contributed by atoms with Gasteiger partial charge in [-0.1, -0.05) is 30.5 Å². The smallest absolute Gasteiger partial charge is 0.254 e. The van der Waals surface area contributed by atoms with E-state index in [4.69, 9.17) is 11.6 Å². The number of nitrogens with one attached hydrogen (secondary N) is 1. The maximum atomic E-state index is 13.0. The lowest BCUT2D eigenvalue weighted by molar-refractivity contribution is -0.124. The molecule has 1 N–H and O–H groups in total. The van der Waals surface area contributed by atoms with E-state index in [0.717, 1.165) is 25.7 Å². The number of rotatable bonds is 2. The molecule has 1 aromatic carbocycles. The minimum atomic E-state index is -0.357. The Kier molecular flexibility index (Phi) is 4.39. The third-order valence-electron chi connectivity index (χ3n) is 4.94. The van der Waals surface area contributed by atoms with Crippen LogP contribution in [0.3, 0.4) is 0 Å². The number of amides is 2. The summed E-state index contributed by atoms with van der Waals surface area (Å²) in [4.78, 5) is 27.0. The molecule has 2 amide bonds. The van der Waals surface area contributed by atoms with Crippen LogP contribution in [0.2, 0.25) is 5.02 Å². The zero-order chi connectivity index (χ0) is 15.7. The second-order valence-electron chi connectivity index (χ2n) is 6.20. The zero-order valence-corrected chi connectivity index (χ0v) is 13.5. The highest BCUT2D eigenvalue weighted by Crippen LogP contribution is 2.40. The van der Waals surface area contributed by atoms with Crippen molar-refractivity contribution in [2.45, 2.75) is 44.2 Å². The number of fused-ring (bicyclic) bond motifs is 1. The monoisotopic (exact) mass is 320 g/mol. The van der Waals surface area contributed by atoms with Crippen molar-refractivity contribution >= 4 is 23.4 Å². The summed E-state index contributed by atoms with van der Waals surface area (Å²) in [6, 6.07) is 6.81. The summed E-state index contributed by atoms with van der Waals surface area (Å²) < 4.78 is 0. The summed E-state index contributed by atoms with van der Waals surface area (Å²) in [5, 5.41) is 3.25. The van der Waals surface area contributed by atoms with Gasteiger partial charge in [0.15, 0.2) is 0 Å². The van der Waals surface area contributed by atoms with Gasteiger partial charge in [-0.3, -0.25) is 9.59 Å². The number of likely N-dealkylation sites (tertiary alicyclic amines) is 1. The first-order chi connectivity index (χ1) is 10.6. The van der Waals surface area contributed by atoms with Crippen LogP contribution in [0.4, 0.5) is 0 Å². The van der Waals surface area contributed by atoms with E-state index in [1.807, 2.05) is 4.90 Å². The molecular weight excluding hydrogens is 300 g/mol. The Balaban J connectivity index is 1.92. The molecule has 22 heavy (non-hydrogen) atoms. The van der Waals surface area contributed by atoms with Crippen LogP contribution >= 0.6 is 11.6 Å². The van der Waals surface area contributed by atoms with Crippen molar-refractivity contribution in [3.05, 3.63) is 34.9 Å². The largest absolute Gasteiger partial charge is 0.357 e. The van der Waals surface area contributed by atoms with Crippen molar-refractivity contribution in [3.8, 4) is 0 Å². The molecule has 2 aliphatic rings. The highest BCUT2D eigenvalue weighted by molar-refractivity contribution is 6.31.